The summed E-state index contributed by atoms with van der Waals surface area (Å²) < 4.78 is 4.72. The fourth-order valence-corrected chi connectivity index (χ4v) is 3.12. The summed E-state index contributed by atoms with van der Waals surface area (Å²) in [5.74, 6) is -0.339. The molecule has 0 aliphatic carbocycles. The molecule has 6 heteroatoms. The minimum atomic E-state index is -0.339. The summed E-state index contributed by atoms with van der Waals surface area (Å²) in [6, 6.07) is 13.2. The van der Waals surface area contributed by atoms with Gasteiger partial charge in [-0.2, -0.15) is 0 Å². The predicted octanol–water partition coefficient (Wildman–Crippen LogP) is 3.44. The summed E-state index contributed by atoms with van der Waals surface area (Å²) in [5, 5.41) is 2.98. The quantitative estimate of drug-likeness (QED) is 0.844. The highest BCUT2D eigenvalue weighted by atomic mass is 16.5. The Balaban J connectivity index is 1.55. The summed E-state index contributed by atoms with van der Waals surface area (Å²) in [7, 11) is 1.37. The number of anilines is 2. The van der Waals surface area contributed by atoms with Crippen LogP contribution in [0.25, 0.3) is 0 Å². The third-order valence-corrected chi connectivity index (χ3v) is 4.98. The molecule has 2 aromatic carbocycles. The molecule has 0 aromatic heterocycles. The molecule has 1 N–H and O–H groups in total. The van der Waals surface area contributed by atoms with E-state index in [0.717, 1.165) is 30.0 Å². The largest absolute Gasteiger partial charge is 0.465 e. The van der Waals surface area contributed by atoms with Crippen LogP contribution in [0, 0.1) is 13.8 Å². The first-order chi connectivity index (χ1) is 13.0. The minimum Gasteiger partial charge on any atom is -0.465 e. The highest BCUT2D eigenvalue weighted by Crippen LogP contribution is 2.19. The molecule has 6 nitrogen and oxygen atoms in total. The zero-order valence-electron chi connectivity index (χ0n) is 16.0. The Bertz CT molecular complexity index is 825. The summed E-state index contributed by atoms with van der Waals surface area (Å²) in [6.07, 6.45) is 0. The van der Waals surface area contributed by atoms with Gasteiger partial charge in [0, 0.05) is 37.6 Å². The van der Waals surface area contributed by atoms with E-state index in [4.69, 9.17) is 4.74 Å². The Hall–Kier alpha value is -3.02. The Labute approximate surface area is 159 Å². The zero-order chi connectivity index (χ0) is 19.4. The van der Waals surface area contributed by atoms with Gasteiger partial charge in [0.05, 0.1) is 12.7 Å². The SMILES string of the molecule is COC(=O)c1ccc(N2CCN(C(=O)Nc3ccc(C)c(C)c3)CC2)cc1. The van der Waals surface area contributed by atoms with Crippen molar-refractivity contribution in [2.45, 2.75) is 13.8 Å². The van der Waals surface area contributed by atoms with Crippen LogP contribution in [0.2, 0.25) is 0 Å². The summed E-state index contributed by atoms with van der Waals surface area (Å²) in [6.45, 7) is 6.88. The number of nitrogens with one attached hydrogen (secondary N) is 1. The maximum absolute atomic E-state index is 12.5. The van der Waals surface area contributed by atoms with Gasteiger partial charge in [-0.05, 0) is 61.4 Å². The van der Waals surface area contributed by atoms with Gasteiger partial charge in [0.25, 0.3) is 0 Å². The van der Waals surface area contributed by atoms with Crippen molar-refractivity contribution in [2.24, 2.45) is 0 Å². The molecule has 0 radical (unpaired) electrons. The lowest BCUT2D eigenvalue weighted by molar-refractivity contribution is 0.0600. The third-order valence-electron chi connectivity index (χ3n) is 4.98. The fraction of sp³-hybridized carbons (Fsp3) is 0.333. The molecule has 0 unspecified atom stereocenters. The minimum absolute atomic E-state index is 0.0704. The van der Waals surface area contributed by atoms with Crippen molar-refractivity contribution >= 4 is 23.4 Å². The number of benzene rings is 2. The lowest BCUT2D eigenvalue weighted by atomic mass is 10.1. The topological polar surface area (TPSA) is 61.9 Å². The summed E-state index contributed by atoms with van der Waals surface area (Å²) >= 11 is 0. The molecule has 1 aliphatic rings. The van der Waals surface area contributed by atoms with E-state index in [1.54, 1.807) is 12.1 Å². The molecule has 2 aromatic rings. The predicted molar refractivity (Wildman–Crippen MR) is 107 cm³/mol. The second-order valence-electron chi connectivity index (χ2n) is 6.74. The second-order valence-corrected chi connectivity index (χ2v) is 6.74. The van der Waals surface area contributed by atoms with Crippen LogP contribution < -0.4 is 10.2 Å². The van der Waals surface area contributed by atoms with Crippen LogP contribution in [0.15, 0.2) is 42.5 Å². The van der Waals surface area contributed by atoms with Crippen molar-refractivity contribution < 1.29 is 14.3 Å². The van der Waals surface area contributed by atoms with Gasteiger partial charge in [-0.25, -0.2) is 9.59 Å². The number of hydrogen-bond donors (Lipinski definition) is 1. The monoisotopic (exact) mass is 367 g/mol. The number of piperazine rings is 1. The van der Waals surface area contributed by atoms with Crippen LogP contribution in [0.4, 0.5) is 16.2 Å². The maximum Gasteiger partial charge on any atom is 0.337 e. The van der Waals surface area contributed by atoms with Crippen LogP contribution in [-0.2, 0) is 4.74 Å². The molecule has 1 aliphatic heterocycles. The molecule has 1 heterocycles. The first-order valence-corrected chi connectivity index (χ1v) is 9.04. The number of ether oxygens (including phenoxy) is 1. The number of rotatable bonds is 3. The van der Waals surface area contributed by atoms with Crippen molar-refractivity contribution in [2.75, 3.05) is 43.5 Å². The number of aryl methyl sites for hydroxylation is 2. The number of urea groups is 1. The van der Waals surface area contributed by atoms with E-state index in [2.05, 4.69) is 17.1 Å². The number of methoxy groups -OCH3 is 1. The van der Waals surface area contributed by atoms with Gasteiger partial charge < -0.3 is 19.9 Å². The van der Waals surface area contributed by atoms with E-state index >= 15 is 0 Å². The number of carbonyl (C=O) groups is 2. The van der Waals surface area contributed by atoms with Crippen LogP contribution in [0.5, 0.6) is 0 Å². The lowest BCUT2D eigenvalue weighted by Gasteiger charge is -2.36. The van der Waals surface area contributed by atoms with Crippen molar-refractivity contribution in [3.8, 4) is 0 Å². The molecule has 142 valence electrons. The average Bonchev–Trinajstić information content (AvgIpc) is 2.70. The van der Waals surface area contributed by atoms with E-state index in [1.807, 2.05) is 42.2 Å². The van der Waals surface area contributed by atoms with Gasteiger partial charge in [0.1, 0.15) is 0 Å². The Morgan fingerprint density at radius 3 is 2.19 bits per heavy atom. The second kappa shape index (κ2) is 8.12. The number of nitrogens with zero attached hydrogens (tertiary/aromatic N) is 2. The van der Waals surface area contributed by atoms with E-state index in [1.165, 1.54) is 12.7 Å². The number of carbonyl (C=O) groups excluding carboxylic acids is 2. The number of esters is 1. The van der Waals surface area contributed by atoms with E-state index in [-0.39, 0.29) is 12.0 Å². The van der Waals surface area contributed by atoms with Gasteiger partial charge in [0.2, 0.25) is 0 Å². The average molecular weight is 367 g/mol. The Kier molecular flexibility index (Phi) is 5.64. The normalized spacial score (nSPS) is 14.0. The molecule has 1 fully saturated rings. The molecule has 27 heavy (non-hydrogen) atoms. The van der Waals surface area contributed by atoms with Crippen LogP contribution >= 0.6 is 0 Å². The van der Waals surface area contributed by atoms with Crippen LogP contribution in [-0.4, -0.2) is 50.2 Å². The smallest absolute Gasteiger partial charge is 0.337 e. The summed E-state index contributed by atoms with van der Waals surface area (Å²) in [5.41, 5.74) is 4.77. The molecule has 0 bridgehead atoms. The Morgan fingerprint density at radius 1 is 0.926 bits per heavy atom. The summed E-state index contributed by atoms with van der Waals surface area (Å²) in [4.78, 5) is 28.1. The molecule has 2 amide bonds. The van der Waals surface area contributed by atoms with Crippen molar-refractivity contribution in [1.82, 2.24) is 4.90 Å². The fourth-order valence-electron chi connectivity index (χ4n) is 3.12. The molecule has 1 saturated heterocycles. The van der Waals surface area contributed by atoms with Crippen molar-refractivity contribution in [1.29, 1.82) is 0 Å². The molecular formula is C21H25N3O3. The highest BCUT2D eigenvalue weighted by molar-refractivity contribution is 5.90. The molecule has 0 saturated carbocycles. The van der Waals surface area contributed by atoms with E-state index in [9.17, 15) is 9.59 Å². The van der Waals surface area contributed by atoms with Gasteiger partial charge in [-0.1, -0.05) is 6.07 Å². The first kappa shape index (κ1) is 18.8. The molecule has 0 atom stereocenters. The maximum atomic E-state index is 12.5. The van der Waals surface area contributed by atoms with Gasteiger partial charge >= 0.3 is 12.0 Å². The van der Waals surface area contributed by atoms with Gasteiger partial charge in [-0.15, -0.1) is 0 Å². The van der Waals surface area contributed by atoms with Crippen molar-refractivity contribution in [3.63, 3.8) is 0 Å². The number of hydrogen-bond acceptors (Lipinski definition) is 4. The standard InChI is InChI=1S/C21H25N3O3/c1-15-4-7-18(14-16(15)2)22-21(26)24-12-10-23(11-13-24)19-8-5-17(6-9-19)20(25)27-3/h4-9,14H,10-13H2,1-3H3,(H,22,26). The molecule has 0 spiro atoms. The van der Waals surface area contributed by atoms with Gasteiger partial charge in [-0.3, -0.25) is 0 Å². The van der Waals surface area contributed by atoms with Crippen LogP contribution in [0.1, 0.15) is 21.5 Å². The van der Waals surface area contributed by atoms with E-state index < -0.39 is 0 Å². The van der Waals surface area contributed by atoms with E-state index in [0.29, 0.717) is 18.7 Å². The molecule has 3 rings (SSSR count). The highest BCUT2D eigenvalue weighted by Gasteiger charge is 2.21. The van der Waals surface area contributed by atoms with Crippen molar-refractivity contribution in [3.05, 3.63) is 59.2 Å². The van der Waals surface area contributed by atoms with Gasteiger partial charge in [0.15, 0.2) is 0 Å². The van der Waals surface area contributed by atoms with Crippen LogP contribution in [0.3, 0.4) is 0 Å². The zero-order valence-corrected chi connectivity index (χ0v) is 16.0. The lowest BCUT2D eigenvalue weighted by Crippen LogP contribution is -2.50. The third kappa shape index (κ3) is 4.39. The number of amides is 2. The molecular weight excluding hydrogens is 342 g/mol. The Morgan fingerprint density at radius 2 is 1.59 bits per heavy atom. The first-order valence-electron chi connectivity index (χ1n) is 9.04.